The van der Waals surface area contributed by atoms with Crippen molar-refractivity contribution in [2.45, 2.75) is 38.5 Å². The third-order valence-corrected chi connectivity index (χ3v) is 6.03. The Labute approximate surface area is 210 Å². The summed E-state index contributed by atoms with van der Waals surface area (Å²) >= 11 is 0. The van der Waals surface area contributed by atoms with Crippen molar-refractivity contribution in [2.24, 2.45) is 0 Å². The Morgan fingerprint density at radius 1 is 1.11 bits per heavy atom. The van der Waals surface area contributed by atoms with Gasteiger partial charge in [0, 0.05) is 18.6 Å². The first-order chi connectivity index (χ1) is 17.8. The minimum Gasteiger partial charge on any atom is -0.494 e. The second kappa shape index (κ2) is 9.75. The third kappa shape index (κ3) is 4.95. The molecular weight excluding hydrogens is 493 g/mol. The molecule has 0 bridgehead atoms. The van der Waals surface area contributed by atoms with Gasteiger partial charge >= 0.3 is 6.18 Å². The molecule has 2 atom stereocenters. The third-order valence-electron chi connectivity index (χ3n) is 6.03. The molecule has 0 fully saturated rings. The van der Waals surface area contributed by atoms with E-state index < -0.39 is 24.2 Å². The molecule has 0 spiro atoms. The van der Waals surface area contributed by atoms with Gasteiger partial charge in [0.15, 0.2) is 23.2 Å². The lowest BCUT2D eigenvalue weighted by Gasteiger charge is -2.33. The van der Waals surface area contributed by atoms with Crippen LogP contribution in [-0.2, 0) is 0 Å². The molecule has 5 rings (SSSR count). The average Bonchev–Trinajstić information content (AvgIpc) is 3.51. The summed E-state index contributed by atoms with van der Waals surface area (Å²) in [7, 11) is 0. The van der Waals surface area contributed by atoms with E-state index in [0.29, 0.717) is 47.5 Å². The number of aromatic nitrogens is 2. The van der Waals surface area contributed by atoms with Crippen LogP contribution in [0.3, 0.4) is 0 Å². The Bertz CT molecular complexity index is 1310. The Morgan fingerprint density at radius 3 is 2.65 bits per heavy atom. The average molecular weight is 518 g/mol. The zero-order valence-corrected chi connectivity index (χ0v) is 20.1. The molecule has 0 saturated carbocycles. The van der Waals surface area contributed by atoms with Gasteiger partial charge in [-0.15, -0.1) is 0 Å². The number of rotatable bonds is 7. The molecule has 1 aromatic heterocycles. The first-order valence-electron chi connectivity index (χ1n) is 11.8. The fourth-order valence-electron chi connectivity index (χ4n) is 4.36. The SMILES string of the molecule is CCOc1ccc(OCC)c(NC(=O)c2cc3n(n2)[C@@H](C(F)(F)F)C[C@H](c2ccc4c(c2)OCO4)N3)c1. The highest BCUT2D eigenvalue weighted by molar-refractivity contribution is 6.04. The molecule has 2 aromatic carbocycles. The highest BCUT2D eigenvalue weighted by atomic mass is 19.4. The summed E-state index contributed by atoms with van der Waals surface area (Å²) in [6, 6.07) is 8.66. The van der Waals surface area contributed by atoms with Gasteiger partial charge in [-0.3, -0.25) is 4.79 Å². The molecule has 0 unspecified atom stereocenters. The standard InChI is InChI=1S/C25H25F3N4O5/c1-3-34-15-6-8-19(35-4-2)17(10-15)30-24(33)18-12-23-29-16(11-22(25(26,27)28)32(23)31-18)14-5-7-20-21(9-14)37-13-36-20/h5-10,12,16,22,29H,3-4,11,13H2,1-2H3,(H,30,33)/t16-,22-/m1/s1. The van der Waals surface area contributed by atoms with Crippen LogP contribution >= 0.6 is 0 Å². The summed E-state index contributed by atoms with van der Waals surface area (Å²) in [6.07, 6.45) is -4.90. The molecule has 2 N–H and O–H groups in total. The number of amides is 1. The van der Waals surface area contributed by atoms with Gasteiger partial charge in [0.25, 0.3) is 5.91 Å². The fraction of sp³-hybridized carbons (Fsp3) is 0.360. The van der Waals surface area contributed by atoms with Gasteiger partial charge in [0.05, 0.1) is 24.9 Å². The van der Waals surface area contributed by atoms with Gasteiger partial charge in [-0.25, -0.2) is 4.68 Å². The molecule has 196 valence electrons. The van der Waals surface area contributed by atoms with Gasteiger partial charge in [0.2, 0.25) is 6.79 Å². The topological polar surface area (TPSA) is 95.9 Å². The molecule has 9 nitrogen and oxygen atoms in total. The normalized spacial score (nSPS) is 18.1. The molecule has 0 radical (unpaired) electrons. The second-order valence-electron chi connectivity index (χ2n) is 8.44. The molecule has 1 amide bonds. The van der Waals surface area contributed by atoms with Gasteiger partial charge in [-0.05, 0) is 43.7 Å². The largest absolute Gasteiger partial charge is 0.494 e. The summed E-state index contributed by atoms with van der Waals surface area (Å²) < 4.78 is 64.8. The molecule has 12 heteroatoms. The number of nitrogens with zero attached hydrogens (tertiary/aromatic N) is 2. The minimum atomic E-state index is -4.58. The van der Waals surface area contributed by atoms with Crippen LogP contribution in [-0.4, -0.2) is 41.9 Å². The first-order valence-corrected chi connectivity index (χ1v) is 11.8. The summed E-state index contributed by atoms with van der Waals surface area (Å²) in [5, 5.41) is 9.79. The van der Waals surface area contributed by atoms with Crippen LogP contribution in [0.4, 0.5) is 24.7 Å². The summed E-state index contributed by atoms with van der Waals surface area (Å²) in [4.78, 5) is 13.1. The Balaban J connectivity index is 1.43. The number of carbonyl (C=O) groups excluding carboxylic acids is 1. The van der Waals surface area contributed by atoms with E-state index in [0.717, 1.165) is 4.68 Å². The zero-order valence-electron chi connectivity index (χ0n) is 20.1. The van der Waals surface area contributed by atoms with Crippen LogP contribution < -0.4 is 29.6 Å². The Kier molecular flexibility index (Phi) is 6.48. The number of hydrogen-bond donors (Lipinski definition) is 2. The van der Waals surface area contributed by atoms with Crippen molar-refractivity contribution in [2.75, 3.05) is 30.6 Å². The molecule has 0 saturated heterocycles. The van der Waals surface area contributed by atoms with Crippen LogP contribution in [0, 0.1) is 0 Å². The van der Waals surface area contributed by atoms with Crippen LogP contribution in [0.1, 0.15) is 48.4 Å². The van der Waals surface area contributed by atoms with Crippen molar-refractivity contribution < 1.29 is 36.9 Å². The van der Waals surface area contributed by atoms with Crippen molar-refractivity contribution in [1.29, 1.82) is 0 Å². The van der Waals surface area contributed by atoms with E-state index in [1.807, 2.05) is 6.92 Å². The maximum atomic E-state index is 14.1. The van der Waals surface area contributed by atoms with Crippen molar-refractivity contribution in [3.63, 3.8) is 0 Å². The number of nitrogens with one attached hydrogen (secondary N) is 2. The summed E-state index contributed by atoms with van der Waals surface area (Å²) in [5.74, 6) is 1.32. The van der Waals surface area contributed by atoms with E-state index in [9.17, 15) is 18.0 Å². The number of benzene rings is 2. The number of carbonyl (C=O) groups is 1. The smallest absolute Gasteiger partial charge is 0.410 e. The zero-order chi connectivity index (χ0) is 26.2. The van der Waals surface area contributed by atoms with E-state index in [1.54, 1.807) is 43.3 Å². The fourth-order valence-corrected chi connectivity index (χ4v) is 4.36. The highest BCUT2D eigenvalue weighted by Gasteiger charge is 2.47. The number of alkyl halides is 3. The maximum Gasteiger partial charge on any atom is 0.410 e. The Morgan fingerprint density at radius 2 is 1.89 bits per heavy atom. The molecule has 2 aliphatic heterocycles. The lowest BCUT2D eigenvalue weighted by molar-refractivity contribution is -0.173. The van der Waals surface area contributed by atoms with Gasteiger partial charge < -0.3 is 29.6 Å². The molecule has 0 aliphatic carbocycles. The molecule has 3 heterocycles. The lowest BCUT2D eigenvalue weighted by atomic mass is 9.96. The molecule has 3 aromatic rings. The summed E-state index contributed by atoms with van der Waals surface area (Å²) in [5.41, 5.74) is 0.751. The predicted octanol–water partition coefficient (Wildman–Crippen LogP) is 5.32. The monoisotopic (exact) mass is 518 g/mol. The van der Waals surface area contributed by atoms with E-state index in [2.05, 4.69) is 15.7 Å². The van der Waals surface area contributed by atoms with Crippen LogP contribution in [0.2, 0.25) is 0 Å². The number of hydrogen-bond acceptors (Lipinski definition) is 7. The molecule has 37 heavy (non-hydrogen) atoms. The van der Waals surface area contributed by atoms with Gasteiger partial charge in [-0.1, -0.05) is 6.07 Å². The maximum absolute atomic E-state index is 14.1. The van der Waals surface area contributed by atoms with E-state index >= 15 is 0 Å². The highest BCUT2D eigenvalue weighted by Crippen LogP contribution is 2.45. The first kappa shape index (κ1) is 24.6. The van der Waals surface area contributed by atoms with Crippen molar-refractivity contribution >= 4 is 17.4 Å². The number of anilines is 2. The quantitative estimate of drug-likeness (QED) is 0.437. The minimum absolute atomic E-state index is 0.0613. The number of fused-ring (bicyclic) bond motifs is 2. The van der Waals surface area contributed by atoms with Gasteiger partial charge in [0.1, 0.15) is 17.3 Å². The van der Waals surface area contributed by atoms with Gasteiger partial charge in [-0.2, -0.15) is 18.3 Å². The molecule has 2 aliphatic rings. The van der Waals surface area contributed by atoms with E-state index in [4.69, 9.17) is 18.9 Å². The number of halogens is 3. The summed E-state index contributed by atoms with van der Waals surface area (Å²) in [6.45, 7) is 4.46. The van der Waals surface area contributed by atoms with Crippen LogP contribution in [0.25, 0.3) is 0 Å². The Hall–Kier alpha value is -4.09. The number of ether oxygens (including phenoxy) is 4. The van der Waals surface area contributed by atoms with Crippen molar-refractivity contribution in [3.8, 4) is 23.0 Å². The van der Waals surface area contributed by atoms with Crippen molar-refractivity contribution in [1.82, 2.24) is 9.78 Å². The van der Waals surface area contributed by atoms with Crippen LogP contribution in [0.5, 0.6) is 23.0 Å². The molecular formula is C25H25F3N4O5. The second-order valence-corrected chi connectivity index (χ2v) is 8.44. The van der Waals surface area contributed by atoms with Crippen molar-refractivity contribution in [3.05, 3.63) is 53.7 Å². The predicted molar refractivity (Wildman–Crippen MR) is 128 cm³/mol. The van der Waals surface area contributed by atoms with E-state index in [-0.39, 0.29) is 24.7 Å². The van der Waals surface area contributed by atoms with Crippen LogP contribution in [0.15, 0.2) is 42.5 Å². The van der Waals surface area contributed by atoms with E-state index in [1.165, 1.54) is 6.07 Å². The lowest BCUT2D eigenvalue weighted by Crippen LogP contribution is -2.35.